The Morgan fingerprint density at radius 1 is 1.41 bits per heavy atom. The van der Waals surface area contributed by atoms with Crippen molar-refractivity contribution in [1.29, 1.82) is 0 Å². The number of pyridine rings is 1. The zero-order chi connectivity index (χ0) is 15.7. The molecule has 0 spiro atoms. The molecule has 4 nitrogen and oxygen atoms in total. The number of nitrogens with zero attached hydrogens (tertiary/aromatic N) is 2. The minimum absolute atomic E-state index is 0.109. The predicted octanol–water partition coefficient (Wildman–Crippen LogP) is 3.13. The number of fused-ring (bicyclic) bond motifs is 1. The molecule has 116 valence electrons. The molecule has 2 heterocycles. The van der Waals surface area contributed by atoms with Crippen molar-refractivity contribution in [2.45, 2.75) is 25.8 Å². The maximum Gasteiger partial charge on any atom is 0.254 e. The second-order valence-corrected chi connectivity index (χ2v) is 6.77. The van der Waals surface area contributed by atoms with Crippen LogP contribution in [0.25, 0.3) is 10.9 Å². The highest BCUT2D eigenvalue weighted by Gasteiger charge is 2.25. The number of nitrogens with one attached hydrogen (secondary N) is 1. The fourth-order valence-corrected chi connectivity index (χ4v) is 3.43. The first-order chi connectivity index (χ1) is 10.6. The average Bonchev–Trinajstić information content (AvgIpc) is 2.53. The van der Waals surface area contributed by atoms with Crippen molar-refractivity contribution in [1.82, 2.24) is 15.2 Å². The number of aromatic nitrogens is 1. The maximum atomic E-state index is 13.0. The smallest absolute Gasteiger partial charge is 0.254 e. The normalized spacial score (nSPS) is 18.7. The van der Waals surface area contributed by atoms with Gasteiger partial charge in [0.2, 0.25) is 0 Å². The summed E-state index contributed by atoms with van der Waals surface area (Å²) in [5, 5.41) is 4.21. The molecule has 1 amide bonds. The third-order valence-electron chi connectivity index (χ3n) is 4.25. The Morgan fingerprint density at radius 3 is 3.00 bits per heavy atom. The Hall–Kier alpha value is -1.46. The van der Waals surface area contributed by atoms with E-state index in [1.807, 2.05) is 43.1 Å². The number of rotatable bonds is 2. The van der Waals surface area contributed by atoms with E-state index in [-0.39, 0.29) is 5.91 Å². The molecule has 2 aromatic rings. The zero-order valence-electron chi connectivity index (χ0n) is 12.9. The molecule has 0 bridgehead atoms. The van der Waals surface area contributed by atoms with E-state index >= 15 is 0 Å². The van der Waals surface area contributed by atoms with Crippen LogP contribution in [-0.2, 0) is 0 Å². The summed E-state index contributed by atoms with van der Waals surface area (Å²) in [7, 11) is 1.96. The molecule has 1 saturated heterocycles. The van der Waals surface area contributed by atoms with E-state index in [4.69, 9.17) is 0 Å². The van der Waals surface area contributed by atoms with Gasteiger partial charge in [-0.05, 0) is 45.0 Å². The van der Waals surface area contributed by atoms with Gasteiger partial charge in [0, 0.05) is 34.7 Å². The van der Waals surface area contributed by atoms with Crippen LogP contribution < -0.4 is 5.32 Å². The van der Waals surface area contributed by atoms with Gasteiger partial charge in [-0.1, -0.05) is 22.0 Å². The Bertz CT molecular complexity index is 711. The number of benzene rings is 1. The molecule has 22 heavy (non-hydrogen) atoms. The van der Waals surface area contributed by atoms with Crippen LogP contribution >= 0.6 is 15.9 Å². The van der Waals surface area contributed by atoms with E-state index < -0.39 is 0 Å². The van der Waals surface area contributed by atoms with Crippen molar-refractivity contribution in [3.63, 3.8) is 0 Å². The van der Waals surface area contributed by atoms with E-state index in [1.54, 1.807) is 0 Å². The van der Waals surface area contributed by atoms with Gasteiger partial charge >= 0.3 is 0 Å². The molecule has 1 atom stereocenters. The molecule has 1 fully saturated rings. The van der Waals surface area contributed by atoms with Crippen molar-refractivity contribution in [3.8, 4) is 0 Å². The highest BCUT2D eigenvalue weighted by Crippen LogP contribution is 2.24. The summed E-state index contributed by atoms with van der Waals surface area (Å²) in [6.07, 6.45) is 2.17. The fourth-order valence-electron chi connectivity index (χ4n) is 3.08. The number of piperidine rings is 1. The van der Waals surface area contributed by atoms with Crippen LogP contribution in [-0.4, -0.2) is 42.0 Å². The molecule has 0 aliphatic carbocycles. The van der Waals surface area contributed by atoms with Crippen LogP contribution in [0.2, 0.25) is 0 Å². The number of aryl methyl sites for hydroxylation is 1. The van der Waals surface area contributed by atoms with Crippen molar-refractivity contribution in [2.75, 3.05) is 20.1 Å². The lowest BCUT2D eigenvalue weighted by atomic mass is 10.0. The second kappa shape index (κ2) is 6.34. The van der Waals surface area contributed by atoms with Gasteiger partial charge in [-0.15, -0.1) is 0 Å². The highest BCUT2D eigenvalue weighted by atomic mass is 79.9. The summed E-state index contributed by atoms with van der Waals surface area (Å²) in [5.74, 6) is 0.109. The SMILES string of the molecule is CNC1CCCN(C(=O)c2cc(C)nc3cc(Br)ccc23)C1. The minimum atomic E-state index is 0.109. The monoisotopic (exact) mass is 361 g/mol. The van der Waals surface area contributed by atoms with Crippen molar-refractivity contribution in [2.24, 2.45) is 0 Å². The van der Waals surface area contributed by atoms with Crippen LogP contribution in [0.5, 0.6) is 0 Å². The number of carbonyl (C=O) groups excluding carboxylic acids is 1. The number of carbonyl (C=O) groups is 1. The maximum absolute atomic E-state index is 13.0. The molecule has 1 N–H and O–H groups in total. The quantitative estimate of drug-likeness (QED) is 0.893. The largest absolute Gasteiger partial charge is 0.337 e. The second-order valence-electron chi connectivity index (χ2n) is 5.85. The summed E-state index contributed by atoms with van der Waals surface area (Å²) < 4.78 is 0.977. The molecule has 0 saturated carbocycles. The first kappa shape index (κ1) is 15.4. The third-order valence-corrected chi connectivity index (χ3v) is 4.74. The van der Waals surface area contributed by atoms with Crippen molar-refractivity contribution < 1.29 is 4.79 Å². The minimum Gasteiger partial charge on any atom is -0.337 e. The van der Waals surface area contributed by atoms with Crippen molar-refractivity contribution in [3.05, 3.63) is 40.0 Å². The van der Waals surface area contributed by atoms with Gasteiger partial charge in [0.1, 0.15) is 0 Å². The molecule has 1 aliphatic heterocycles. The van der Waals surface area contributed by atoms with Crippen LogP contribution in [0.1, 0.15) is 28.9 Å². The lowest BCUT2D eigenvalue weighted by molar-refractivity contribution is 0.0700. The number of hydrogen-bond acceptors (Lipinski definition) is 3. The van der Waals surface area contributed by atoms with Gasteiger partial charge in [0.05, 0.1) is 11.1 Å². The Morgan fingerprint density at radius 2 is 2.23 bits per heavy atom. The van der Waals surface area contributed by atoms with E-state index in [0.29, 0.717) is 6.04 Å². The van der Waals surface area contributed by atoms with Crippen LogP contribution in [0.4, 0.5) is 0 Å². The van der Waals surface area contributed by atoms with Gasteiger partial charge in [0.15, 0.2) is 0 Å². The molecular formula is C17H20BrN3O. The summed E-state index contributed by atoms with van der Waals surface area (Å²) >= 11 is 3.47. The molecule has 3 rings (SSSR count). The van der Waals surface area contributed by atoms with Crippen LogP contribution in [0.15, 0.2) is 28.7 Å². The lowest BCUT2D eigenvalue weighted by Gasteiger charge is -2.33. The molecule has 1 unspecified atom stereocenters. The van der Waals surface area contributed by atoms with Gasteiger partial charge in [-0.2, -0.15) is 0 Å². The Balaban J connectivity index is 2.00. The fraction of sp³-hybridized carbons (Fsp3) is 0.412. The summed E-state index contributed by atoms with van der Waals surface area (Å²) in [6, 6.07) is 8.19. The molecule has 1 aromatic heterocycles. The summed E-state index contributed by atoms with van der Waals surface area (Å²) in [6.45, 7) is 3.54. The molecule has 1 aliphatic rings. The summed E-state index contributed by atoms with van der Waals surface area (Å²) in [5.41, 5.74) is 2.49. The number of hydrogen-bond donors (Lipinski definition) is 1. The lowest BCUT2D eigenvalue weighted by Crippen LogP contribution is -2.47. The first-order valence-corrected chi connectivity index (χ1v) is 8.41. The average molecular weight is 362 g/mol. The standard InChI is InChI=1S/C17H20BrN3O/c1-11-8-15(14-6-5-12(18)9-16(14)20-11)17(22)21-7-3-4-13(10-21)19-2/h5-6,8-9,13,19H,3-4,7,10H2,1-2H3. The molecule has 1 aromatic carbocycles. The van der Waals surface area contributed by atoms with Crippen LogP contribution in [0, 0.1) is 6.92 Å². The number of likely N-dealkylation sites (tertiary alicyclic amines) is 1. The van der Waals surface area contributed by atoms with Crippen LogP contribution in [0.3, 0.4) is 0 Å². The first-order valence-electron chi connectivity index (χ1n) is 7.62. The summed E-state index contributed by atoms with van der Waals surface area (Å²) in [4.78, 5) is 19.5. The Labute approximate surface area is 139 Å². The zero-order valence-corrected chi connectivity index (χ0v) is 14.5. The molecule has 0 radical (unpaired) electrons. The topological polar surface area (TPSA) is 45.2 Å². The van der Waals surface area contributed by atoms with Gasteiger partial charge < -0.3 is 10.2 Å². The number of halogens is 1. The van der Waals surface area contributed by atoms with Gasteiger partial charge in [-0.3, -0.25) is 9.78 Å². The van der Waals surface area contributed by atoms with E-state index in [9.17, 15) is 4.79 Å². The van der Waals surface area contributed by atoms with Crippen molar-refractivity contribution >= 4 is 32.7 Å². The number of likely N-dealkylation sites (N-methyl/N-ethyl adjacent to an activating group) is 1. The van der Waals surface area contributed by atoms with Gasteiger partial charge in [-0.25, -0.2) is 0 Å². The van der Waals surface area contributed by atoms with E-state index in [0.717, 1.165) is 52.6 Å². The number of amides is 1. The third kappa shape index (κ3) is 3.01. The van der Waals surface area contributed by atoms with E-state index in [1.165, 1.54) is 0 Å². The predicted molar refractivity (Wildman–Crippen MR) is 92.2 cm³/mol. The molecular weight excluding hydrogens is 342 g/mol. The molecule has 5 heteroatoms. The van der Waals surface area contributed by atoms with Gasteiger partial charge in [0.25, 0.3) is 5.91 Å². The highest BCUT2D eigenvalue weighted by molar-refractivity contribution is 9.10. The van der Waals surface area contributed by atoms with E-state index in [2.05, 4.69) is 26.2 Å². The Kier molecular flexibility index (Phi) is 4.45.